The van der Waals surface area contributed by atoms with Crippen LogP contribution in [0.5, 0.6) is 0 Å². The Morgan fingerprint density at radius 1 is 1.06 bits per heavy atom. The summed E-state index contributed by atoms with van der Waals surface area (Å²) in [6.07, 6.45) is 1.31. The minimum absolute atomic E-state index is 0.165. The van der Waals surface area contributed by atoms with E-state index in [0.29, 0.717) is 31.0 Å². The molecule has 7 heteroatoms. The first-order valence-corrected chi connectivity index (χ1v) is 11.9. The van der Waals surface area contributed by atoms with Gasteiger partial charge in [0.2, 0.25) is 17.7 Å². The lowest BCUT2D eigenvalue weighted by atomic mass is 9.76. The maximum Gasteiger partial charge on any atom is 0.250 e. The fourth-order valence-electron chi connectivity index (χ4n) is 5.65. The van der Waals surface area contributed by atoms with Gasteiger partial charge in [0.25, 0.3) is 0 Å². The number of halogens is 1. The molecular formula is C25H26BrN3O3. The first kappa shape index (κ1) is 21.3. The summed E-state index contributed by atoms with van der Waals surface area (Å²) in [5, 5.41) is 6.43. The van der Waals surface area contributed by atoms with Gasteiger partial charge in [0.1, 0.15) is 5.54 Å². The fourth-order valence-corrected chi connectivity index (χ4v) is 6.01. The van der Waals surface area contributed by atoms with Crippen molar-refractivity contribution in [3.05, 3.63) is 64.1 Å². The van der Waals surface area contributed by atoms with Crippen LogP contribution in [-0.2, 0) is 26.3 Å². The summed E-state index contributed by atoms with van der Waals surface area (Å²) in [6.45, 7) is 4.51. The topological polar surface area (TPSA) is 78.5 Å². The minimum Gasteiger partial charge on any atom is -0.324 e. The van der Waals surface area contributed by atoms with E-state index in [2.05, 4.69) is 40.4 Å². The fraction of sp³-hybridized carbons (Fsp3) is 0.400. The summed E-state index contributed by atoms with van der Waals surface area (Å²) in [5.41, 5.74) is 1.28. The number of nitrogens with zero attached hydrogens (tertiary/aromatic N) is 1. The van der Waals surface area contributed by atoms with E-state index in [4.69, 9.17) is 0 Å². The molecule has 3 aliphatic heterocycles. The number of carbonyl (C=O) groups excluding carboxylic acids is 3. The maximum absolute atomic E-state index is 13.7. The van der Waals surface area contributed by atoms with Gasteiger partial charge >= 0.3 is 0 Å². The average Bonchev–Trinajstić information content (AvgIpc) is 3.32. The van der Waals surface area contributed by atoms with Crippen molar-refractivity contribution in [3.63, 3.8) is 0 Å². The number of rotatable bonds is 5. The molecule has 0 saturated carbocycles. The third-order valence-electron chi connectivity index (χ3n) is 6.96. The van der Waals surface area contributed by atoms with Gasteiger partial charge < -0.3 is 5.32 Å². The second-order valence-corrected chi connectivity index (χ2v) is 10.3. The van der Waals surface area contributed by atoms with E-state index in [0.717, 1.165) is 15.6 Å². The molecule has 2 fully saturated rings. The van der Waals surface area contributed by atoms with E-state index in [1.807, 2.05) is 48.5 Å². The van der Waals surface area contributed by atoms with E-state index in [-0.39, 0.29) is 23.8 Å². The Kier molecular flexibility index (Phi) is 5.21. The summed E-state index contributed by atoms with van der Waals surface area (Å²) in [6, 6.07) is 15.2. The Morgan fingerprint density at radius 3 is 2.53 bits per heavy atom. The molecule has 166 valence electrons. The molecule has 0 aromatic heterocycles. The van der Waals surface area contributed by atoms with Crippen LogP contribution in [0, 0.1) is 17.8 Å². The van der Waals surface area contributed by atoms with Crippen LogP contribution >= 0.6 is 15.9 Å². The largest absolute Gasteiger partial charge is 0.324 e. The number of fused-ring (bicyclic) bond motifs is 4. The van der Waals surface area contributed by atoms with Crippen LogP contribution < -0.4 is 10.6 Å². The third-order valence-corrected chi connectivity index (χ3v) is 7.45. The van der Waals surface area contributed by atoms with Crippen LogP contribution in [0.2, 0.25) is 0 Å². The molecule has 2 aromatic rings. The first-order valence-electron chi connectivity index (χ1n) is 11.1. The predicted octanol–water partition coefficient (Wildman–Crippen LogP) is 3.46. The molecule has 3 amide bonds. The van der Waals surface area contributed by atoms with E-state index < -0.39 is 17.4 Å². The van der Waals surface area contributed by atoms with Crippen molar-refractivity contribution in [2.24, 2.45) is 17.8 Å². The quantitative estimate of drug-likeness (QED) is 0.622. The molecule has 32 heavy (non-hydrogen) atoms. The van der Waals surface area contributed by atoms with Crippen molar-refractivity contribution in [3.8, 4) is 0 Å². The van der Waals surface area contributed by atoms with Crippen LogP contribution in [0.3, 0.4) is 0 Å². The number of hydrogen-bond donors (Lipinski definition) is 2. The van der Waals surface area contributed by atoms with Crippen LogP contribution in [-0.4, -0.2) is 35.2 Å². The Morgan fingerprint density at radius 2 is 1.81 bits per heavy atom. The summed E-state index contributed by atoms with van der Waals surface area (Å²) in [5.74, 6) is -1.64. The number of benzene rings is 2. The van der Waals surface area contributed by atoms with Gasteiger partial charge in [0.05, 0.1) is 11.8 Å². The summed E-state index contributed by atoms with van der Waals surface area (Å²) in [4.78, 5) is 42.1. The molecule has 6 nitrogen and oxygen atoms in total. The van der Waals surface area contributed by atoms with E-state index in [9.17, 15) is 14.4 Å². The highest BCUT2D eigenvalue weighted by atomic mass is 79.9. The zero-order valence-electron chi connectivity index (χ0n) is 18.1. The standard InChI is InChI=1S/C25H26BrN3O3/c1-14(2)12-19-20-21(23(31)29(22(20)30)11-10-15-6-4-3-5-7-15)25(28-19)17-13-16(26)8-9-18(17)27-24(25)32/h3-9,13-14,19-21,28H,10-12H2,1-2H3,(H,27,32)/t19?,20-,21+,25?/m0/s1. The van der Waals surface area contributed by atoms with Crippen molar-refractivity contribution >= 4 is 39.3 Å². The smallest absolute Gasteiger partial charge is 0.250 e. The Labute approximate surface area is 195 Å². The number of hydrogen-bond acceptors (Lipinski definition) is 4. The number of likely N-dealkylation sites (tertiary alicyclic amines) is 1. The number of anilines is 1. The van der Waals surface area contributed by atoms with Crippen molar-refractivity contribution < 1.29 is 14.4 Å². The normalized spacial score (nSPS) is 28.6. The summed E-state index contributed by atoms with van der Waals surface area (Å²) >= 11 is 3.50. The first-order chi connectivity index (χ1) is 15.3. The van der Waals surface area contributed by atoms with Crippen molar-refractivity contribution in [1.29, 1.82) is 0 Å². The number of amides is 3. The summed E-state index contributed by atoms with van der Waals surface area (Å²) in [7, 11) is 0. The second-order valence-electron chi connectivity index (χ2n) is 9.40. The SMILES string of the molecule is CC(C)CC1NC2(C(=O)Nc3ccc(Br)cc32)[C@H]2C(=O)N(CCc3ccccc3)C(=O)[C@@H]12. The van der Waals surface area contributed by atoms with Crippen LogP contribution in [0.15, 0.2) is 53.0 Å². The van der Waals surface area contributed by atoms with Crippen molar-refractivity contribution in [2.75, 3.05) is 11.9 Å². The van der Waals surface area contributed by atoms with Crippen molar-refractivity contribution in [1.82, 2.24) is 10.2 Å². The molecule has 0 bridgehead atoms. The second kappa shape index (κ2) is 7.81. The van der Waals surface area contributed by atoms with Gasteiger partial charge in [-0.15, -0.1) is 0 Å². The molecule has 3 heterocycles. The average molecular weight is 496 g/mol. The molecule has 1 spiro atoms. The molecule has 5 rings (SSSR count). The van der Waals surface area contributed by atoms with Crippen LogP contribution in [0.1, 0.15) is 31.4 Å². The lowest BCUT2D eigenvalue weighted by Crippen LogP contribution is -2.53. The van der Waals surface area contributed by atoms with Gasteiger partial charge in [0.15, 0.2) is 0 Å². The number of imide groups is 1. The van der Waals surface area contributed by atoms with Gasteiger partial charge in [-0.05, 0) is 42.5 Å². The highest BCUT2D eigenvalue weighted by Gasteiger charge is 2.70. The molecular weight excluding hydrogens is 470 g/mol. The maximum atomic E-state index is 13.7. The lowest BCUT2D eigenvalue weighted by molar-refractivity contribution is -0.142. The van der Waals surface area contributed by atoms with Crippen LogP contribution in [0.4, 0.5) is 5.69 Å². The monoisotopic (exact) mass is 495 g/mol. The molecule has 0 radical (unpaired) electrons. The van der Waals surface area contributed by atoms with Crippen LogP contribution in [0.25, 0.3) is 0 Å². The minimum atomic E-state index is -1.22. The molecule has 2 saturated heterocycles. The molecule has 4 atom stereocenters. The van der Waals surface area contributed by atoms with Gasteiger partial charge in [-0.2, -0.15) is 0 Å². The molecule has 3 aliphatic rings. The van der Waals surface area contributed by atoms with E-state index >= 15 is 0 Å². The molecule has 0 aliphatic carbocycles. The van der Waals surface area contributed by atoms with Gasteiger partial charge in [0, 0.05) is 28.3 Å². The number of nitrogens with one attached hydrogen (secondary N) is 2. The van der Waals surface area contributed by atoms with Gasteiger partial charge in [-0.25, -0.2) is 0 Å². The van der Waals surface area contributed by atoms with E-state index in [1.54, 1.807) is 0 Å². The van der Waals surface area contributed by atoms with Gasteiger partial charge in [-0.1, -0.05) is 60.1 Å². The molecule has 2 aromatic carbocycles. The number of carbonyl (C=O) groups is 3. The van der Waals surface area contributed by atoms with Gasteiger partial charge in [-0.3, -0.25) is 24.6 Å². The molecule has 2 N–H and O–H groups in total. The third kappa shape index (κ3) is 3.13. The zero-order chi connectivity index (χ0) is 22.6. The molecule has 2 unspecified atom stereocenters. The predicted molar refractivity (Wildman–Crippen MR) is 125 cm³/mol. The Balaban J connectivity index is 1.54. The summed E-state index contributed by atoms with van der Waals surface area (Å²) < 4.78 is 0.829. The zero-order valence-corrected chi connectivity index (χ0v) is 19.7. The van der Waals surface area contributed by atoms with Crippen molar-refractivity contribution in [2.45, 2.75) is 38.3 Å². The Bertz CT molecular complexity index is 1100. The highest BCUT2D eigenvalue weighted by molar-refractivity contribution is 9.10. The Hall–Kier alpha value is -2.51. The lowest BCUT2D eigenvalue weighted by Gasteiger charge is -2.30. The van der Waals surface area contributed by atoms with E-state index in [1.165, 1.54) is 4.90 Å². The highest BCUT2D eigenvalue weighted by Crippen LogP contribution is 2.54.